The van der Waals surface area contributed by atoms with Gasteiger partial charge in [0.2, 0.25) is 10.0 Å². The Balaban J connectivity index is 1.99. The Morgan fingerprint density at radius 3 is 2.81 bits per heavy atom. The summed E-state index contributed by atoms with van der Waals surface area (Å²) in [5, 5.41) is 13.7. The summed E-state index contributed by atoms with van der Waals surface area (Å²) in [6.07, 6.45) is 1.70. The second kappa shape index (κ2) is 5.44. The van der Waals surface area contributed by atoms with Gasteiger partial charge in [0.1, 0.15) is 5.75 Å². The van der Waals surface area contributed by atoms with Crippen LogP contribution in [0.25, 0.3) is 0 Å². The molecule has 0 bridgehead atoms. The predicted molar refractivity (Wildman–Crippen MR) is 83.0 cm³/mol. The highest BCUT2D eigenvalue weighted by molar-refractivity contribution is 7.89. The van der Waals surface area contributed by atoms with E-state index in [-0.39, 0.29) is 16.7 Å². The van der Waals surface area contributed by atoms with E-state index in [1.807, 2.05) is 16.8 Å². The summed E-state index contributed by atoms with van der Waals surface area (Å²) < 4.78 is 27.2. The van der Waals surface area contributed by atoms with Crippen molar-refractivity contribution in [3.8, 4) is 5.75 Å². The molecule has 1 unspecified atom stereocenters. The van der Waals surface area contributed by atoms with E-state index in [1.165, 1.54) is 6.07 Å². The molecule has 3 rings (SSSR count). The molecule has 6 heteroatoms. The van der Waals surface area contributed by atoms with Crippen molar-refractivity contribution >= 4 is 21.4 Å². The van der Waals surface area contributed by atoms with E-state index in [2.05, 4.69) is 0 Å². The predicted octanol–water partition coefficient (Wildman–Crippen LogP) is 3.29. The van der Waals surface area contributed by atoms with Gasteiger partial charge in [-0.15, -0.1) is 0 Å². The SMILES string of the molecule is Cc1ccc(S(=O)(=O)N2CCCC2c2ccsc2)cc1O. The van der Waals surface area contributed by atoms with Crippen LogP contribution in [0.2, 0.25) is 0 Å². The molecule has 112 valence electrons. The fraction of sp³-hybridized carbons (Fsp3) is 0.333. The van der Waals surface area contributed by atoms with Crippen molar-refractivity contribution in [1.29, 1.82) is 0 Å². The molecule has 1 aliphatic heterocycles. The summed E-state index contributed by atoms with van der Waals surface area (Å²) in [6, 6.07) is 6.43. The van der Waals surface area contributed by atoms with E-state index >= 15 is 0 Å². The van der Waals surface area contributed by atoms with Gasteiger partial charge in [0.05, 0.1) is 10.9 Å². The van der Waals surface area contributed by atoms with Gasteiger partial charge in [0.15, 0.2) is 0 Å². The number of aryl methyl sites for hydroxylation is 1. The van der Waals surface area contributed by atoms with Crippen molar-refractivity contribution in [2.24, 2.45) is 0 Å². The van der Waals surface area contributed by atoms with Crippen LogP contribution in [0.15, 0.2) is 39.9 Å². The molecule has 0 amide bonds. The first-order chi connectivity index (χ1) is 10.00. The maximum atomic E-state index is 12.8. The molecule has 21 heavy (non-hydrogen) atoms. The van der Waals surface area contributed by atoms with E-state index in [9.17, 15) is 13.5 Å². The van der Waals surface area contributed by atoms with Crippen molar-refractivity contribution in [2.75, 3.05) is 6.54 Å². The molecule has 1 aliphatic rings. The number of rotatable bonds is 3. The number of nitrogens with zero attached hydrogens (tertiary/aromatic N) is 1. The number of thiophene rings is 1. The fourth-order valence-corrected chi connectivity index (χ4v) is 5.12. The monoisotopic (exact) mass is 323 g/mol. The Kier molecular flexibility index (Phi) is 3.77. The number of hydrogen-bond acceptors (Lipinski definition) is 4. The van der Waals surface area contributed by atoms with Gasteiger partial charge in [-0.25, -0.2) is 8.42 Å². The van der Waals surface area contributed by atoms with Gasteiger partial charge in [-0.05, 0) is 53.8 Å². The van der Waals surface area contributed by atoms with Crippen LogP contribution in [0.1, 0.15) is 30.0 Å². The largest absolute Gasteiger partial charge is 0.508 e. The van der Waals surface area contributed by atoms with E-state index in [1.54, 1.807) is 34.7 Å². The number of phenolic OH excluding ortho intramolecular Hbond substituents is 1. The summed E-state index contributed by atoms with van der Waals surface area (Å²) in [7, 11) is -3.58. The van der Waals surface area contributed by atoms with Crippen LogP contribution in [0.5, 0.6) is 5.75 Å². The van der Waals surface area contributed by atoms with E-state index in [0.717, 1.165) is 18.4 Å². The molecule has 1 aromatic heterocycles. The second-order valence-electron chi connectivity index (χ2n) is 5.28. The molecule has 4 nitrogen and oxygen atoms in total. The van der Waals surface area contributed by atoms with Crippen LogP contribution in [0.3, 0.4) is 0 Å². The molecule has 1 N–H and O–H groups in total. The molecule has 0 aliphatic carbocycles. The minimum atomic E-state index is -3.58. The molecule has 1 atom stereocenters. The van der Waals surface area contributed by atoms with Crippen LogP contribution >= 0.6 is 11.3 Å². The Labute approximate surface area is 128 Å². The van der Waals surface area contributed by atoms with Crippen molar-refractivity contribution in [2.45, 2.75) is 30.7 Å². The third-order valence-corrected chi connectivity index (χ3v) is 6.52. The first kappa shape index (κ1) is 14.6. The highest BCUT2D eigenvalue weighted by Crippen LogP contribution is 2.37. The highest BCUT2D eigenvalue weighted by atomic mass is 32.2. The smallest absolute Gasteiger partial charge is 0.243 e. The Morgan fingerprint density at radius 2 is 2.14 bits per heavy atom. The van der Waals surface area contributed by atoms with Crippen molar-refractivity contribution in [3.63, 3.8) is 0 Å². The minimum Gasteiger partial charge on any atom is -0.508 e. The topological polar surface area (TPSA) is 57.6 Å². The van der Waals surface area contributed by atoms with Crippen LogP contribution in [0, 0.1) is 6.92 Å². The molecule has 1 aromatic carbocycles. The lowest BCUT2D eigenvalue weighted by atomic mass is 10.1. The molecule has 2 aromatic rings. The van der Waals surface area contributed by atoms with Gasteiger partial charge in [0.25, 0.3) is 0 Å². The lowest BCUT2D eigenvalue weighted by Gasteiger charge is -2.23. The van der Waals surface area contributed by atoms with Crippen molar-refractivity contribution in [1.82, 2.24) is 4.31 Å². The minimum absolute atomic E-state index is 0.0161. The van der Waals surface area contributed by atoms with Gasteiger partial charge < -0.3 is 5.11 Å². The molecule has 1 fully saturated rings. The number of benzene rings is 1. The molecule has 1 saturated heterocycles. The molecule has 0 radical (unpaired) electrons. The summed E-state index contributed by atoms with van der Waals surface area (Å²) in [5.41, 5.74) is 1.72. The van der Waals surface area contributed by atoms with Gasteiger partial charge in [-0.2, -0.15) is 15.6 Å². The number of phenols is 1. The summed E-state index contributed by atoms with van der Waals surface area (Å²) in [4.78, 5) is 0.160. The first-order valence-electron chi connectivity index (χ1n) is 6.84. The number of aromatic hydroxyl groups is 1. The summed E-state index contributed by atoms with van der Waals surface area (Å²) >= 11 is 1.58. The quantitative estimate of drug-likeness (QED) is 0.943. The van der Waals surface area contributed by atoms with Gasteiger partial charge in [-0.3, -0.25) is 0 Å². The third-order valence-electron chi connectivity index (χ3n) is 3.92. The van der Waals surface area contributed by atoms with Gasteiger partial charge in [-0.1, -0.05) is 6.07 Å². The maximum absolute atomic E-state index is 12.8. The zero-order valence-electron chi connectivity index (χ0n) is 11.7. The van der Waals surface area contributed by atoms with Crippen molar-refractivity contribution in [3.05, 3.63) is 46.2 Å². The second-order valence-corrected chi connectivity index (χ2v) is 7.95. The lowest BCUT2D eigenvalue weighted by Crippen LogP contribution is -2.30. The summed E-state index contributed by atoms with van der Waals surface area (Å²) in [5.74, 6) is 0.0161. The van der Waals surface area contributed by atoms with Crippen LogP contribution in [0.4, 0.5) is 0 Å². The average molecular weight is 323 g/mol. The van der Waals surface area contributed by atoms with E-state index < -0.39 is 10.0 Å². The van der Waals surface area contributed by atoms with Crippen LogP contribution in [-0.4, -0.2) is 24.4 Å². The normalized spacial score (nSPS) is 20.0. The van der Waals surface area contributed by atoms with E-state index in [0.29, 0.717) is 12.1 Å². The number of hydrogen-bond donors (Lipinski definition) is 1. The zero-order valence-corrected chi connectivity index (χ0v) is 13.3. The molecule has 0 saturated carbocycles. The Morgan fingerprint density at radius 1 is 1.33 bits per heavy atom. The zero-order chi connectivity index (χ0) is 15.0. The lowest BCUT2D eigenvalue weighted by molar-refractivity contribution is 0.396. The Hall–Kier alpha value is -1.37. The van der Waals surface area contributed by atoms with Gasteiger partial charge in [0, 0.05) is 12.6 Å². The summed E-state index contributed by atoms with van der Waals surface area (Å²) in [6.45, 7) is 2.27. The molecular formula is C15H17NO3S2. The standard InChI is InChI=1S/C15H17NO3S2/c1-11-4-5-13(9-15(11)17)21(18,19)16-7-2-3-14(16)12-6-8-20-10-12/h4-6,8-10,14,17H,2-3,7H2,1H3. The molecule has 2 heterocycles. The van der Waals surface area contributed by atoms with E-state index in [4.69, 9.17) is 0 Å². The number of sulfonamides is 1. The highest BCUT2D eigenvalue weighted by Gasteiger charge is 2.36. The first-order valence-corrected chi connectivity index (χ1v) is 9.22. The van der Waals surface area contributed by atoms with Crippen LogP contribution < -0.4 is 0 Å². The average Bonchev–Trinajstić information content (AvgIpc) is 3.11. The third kappa shape index (κ3) is 2.59. The molecule has 0 spiro atoms. The molecular weight excluding hydrogens is 306 g/mol. The fourth-order valence-electron chi connectivity index (χ4n) is 2.71. The van der Waals surface area contributed by atoms with Gasteiger partial charge >= 0.3 is 0 Å². The van der Waals surface area contributed by atoms with Crippen LogP contribution in [-0.2, 0) is 10.0 Å². The Bertz CT molecular complexity index is 738. The maximum Gasteiger partial charge on any atom is 0.243 e. The van der Waals surface area contributed by atoms with Crippen molar-refractivity contribution < 1.29 is 13.5 Å².